The van der Waals surface area contributed by atoms with Gasteiger partial charge in [0, 0.05) is 4.88 Å². The molecule has 36 heavy (non-hydrogen) atoms. The van der Waals surface area contributed by atoms with E-state index in [1.165, 1.54) is 23.7 Å². The minimum Gasteiger partial charge on any atom is -0.465 e. The average Bonchev–Trinajstić information content (AvgIpc) is 3.25. The molecule has 0 saturated carbocycles. The number of ether oxygens (including phenoxy) is 1. The van der Waals surface area contributed by atoms with E-state index in [1.54, 1.807) is 40.2 Å². The predicted molar refractivity (Wildman–Crippen MR) is 144 cm³/mol. The van der Waals surface area contributed by atoms with Crippen molar-refractivity contribution in [3.8, 4) is 5.69 Å². The van der Waals surface area contributed by atoms with Crippen LogP contribution in [0.3, 0.4) is 0 Å². The van der Waals surface area contributed by atoms with Gasteiger partial charge >= 0.3 is 5.97 Å². The summed E-state index contributed by atoms with van der Waals surface area (Å²) in [6.45, 7) is 2.24. The van der Waals surface area contributed by atoms with Gasteiger partial charge in [-0.1, -0.05) is 49.0 Å². The second kappa shape index (κ2) is 10.3. The molecular weight excluding hydrogens is 494 g/mol. The number of anilines is 1. The van der Waals surface area contributed by atoms with E-state index < -0.39 is 5.97 Å². The van der Waals surface area contributed by atoms with Crippen molar-refractivity contribution in [1.29, 1.82) is 0 Å². The van der Waals surface area contributed by atoms with Gasteiger partial charge in [0.15, 0.2) is 5.16 Å². The number of para-hydroxylation sites is 2. The molecule has 1 N–H and O–H groups in total. The van der Waals surface area contributed by atoms with Crippen molar-refractivity contribution in [1.82, 2.24) is 9.55 Å². The molecule has 0 radical (unpaired) electrons. The number of aryl methyl sites for hydroxylation is 1. The highest BCUT2D eigenvalue weighted by Gasteiger charge is 2.25. The van der Waals surface area contributed by atoms with Gasteiger partial charge in [0.2, 0.25) is 5.91 Å². The number of amides is 1. The number of thiophene rings is 1. The van der Waals surface area contributed by atoms with Crippen LogP contribution in [0, 0.1) is 5.92 Å². The number of aromatic nitrogens is 2. The molecule has 7 nitrogen and oxygen atoms in total. The Hall–Kier alpha value is -3.43. The van der Waals surface area contributed by atoms with Crippen LogP contribution in [-0.4, -0.2) is 34.3 Å². The number of rotatable bonds is 6. The summed E-state index contributed by atoms with van der Waals surface area (Å²) in [5, 5.41) is 3.94. The highest BCUT2D eigenvalue weighted by atomic mass is 32.2. The Labute approximate surface area is 216 Å². The quantitative estimate of drug-likeness (QED) is 0.217. The smallest absolute Gasteiger partial charge is 0.339 e. The number of methoxy groups -OCH3 is 1. The summed E-state index contributed by atoms with van der Waals surface area (Å²) in [5.41, 5.74) is 2.39. The lowest BCUT2D eigenvalue weighted by atomic mass is 9.89. The first kappa shape index (κ1) is 24.3. The summed E-state index contributed by atoms with van der Waals surface area (Å²) in [6.07, 6.45) is 2.91. The maximum absolute atomic E-state index is 13.8. The van der Waals surface area contributed by atoms with Crippen molar-refractivity contribution in [3.05, 3.63) is 81.0 Å². The lowest BCUT2D eigenvalue weighted by molar-refractivity contribution is -0.113. The van der Waals surface area contributed by atoms with E-state index in [1.807, 2.05) is 30.3 Å². The molecule has 0 spiro atoms. The van der Waals surface area contributed by atoms with Crippen LogP contribution in [0.5, 0.6) is 0 Å². The fourth-order valence-corrected chi connectivity index (χ4v) is 6.71. The molecule has 1 amide bonds. The fraction of sp³-hybridized carbons (Fsp3) is 0.259. The third-order valence-corrected chi connectivity index (χ3v) is 8.34. The number of nitrogens with zero attached hydrogens (tertiary/aromatic N) is 2. The molecule has 0 fully saturated rings. The van der Waals surface area contributed by atoms with Gasteiger partial charge in [0.25, 0.3) is 5.56 Å². The molecular formula is C27H25N3O4S2. The summed E-state index contributed by atoms with van der Waals surface area (Å²) in [5.74, 6) is -0.237. The minimum absolute atomic E-state index is 0.0163. The number of carbonyl (C=O) groups is 2. The van der Waals surface area contributed by atoms with Gasteiger partial charge in [-0.15, -0.1) is 11.3 Å². The third kappa shape index (κ3) is 4.68. The molecule has 0 saturated heterocycles. The summed E-state index contributed by atoms with van der Waals surface area (Å²) in [7, 11) is 1.30. The van der Waals surface area contributed by atoms with Gasteiger partial charge in [0.1, 0.15) is 4.83 Å². The van der Waals surface area contributed by atoms with Crippen molar-refractivity contribution in [2.45, 2.75) is 31.3 Å². The third-order valence-electron chi connectivity index (χ3n) is 6.25. The number of hydrogen-bond donors (Lipinski definition) is 1. The van der Waals surface area contributed by atoms with E-state index in [4.69, 9.17) is 9.72 Å². The van der Waals surface area contributed by atoms with Gasteiger partial charge in [-0.25, -0.2) is 9.78 Å². The van der Waals surface area contributed by atoms with Crippen molar-refractivity contribution >= 4 is 50.9 Å². The maximum Gasteiger partial charge on any atom is 0.339 e. The van der Waals surface area contributed by atoms with Crippen molar-refractivity contribution in [2.75, 3.05) is 18.2 Å². The van der Waals surface area contributed by atoms with Crippen LogP contribution in [0.25, 0.3) is 15.9 Å². The summed E-state index contributed by atoms with van der Waals surface area (Å²) >= 11 is 2.79. The van der Waals surface area contributed by atoms with E-state index in [-0.39, 0.29) is 22.8 Å². The zero-order valence-electron chi connectivity index (χ0n) is 19.9. The molecule has 2 aromatic heterocycles. The molecule has 2 aromatic carbocycles. The van der Waals surface area contributed by atoms with Gasteiger partial charge in [-0.2, -0.15) is 0 Å². The molecule has 1 unspecified atom stereocenters. The van der Waals surface area contributed by atoms with Crippen molar-refractivity contribution in [2.24, 2.45) is 5.92 Å². The van der Waals surface area contributed by atoms with Gasteiger partial charge < -0.3 is 10.1 Å². The molecule has 9 heteroatoms. The first-order valence-corrected chi connectivity index (χ1v) is 13.5. The van der Waals surface area contributed by atoms with Crippen LogP contribution < -0.4 is 10.9 Å². The van der Waals surface area contributed by atoms with E-state index in [0.29, 0.717) is 27.8 Å². The molecule has 1 aliphatic carbocycles. The maximum atomic E-state index is 13.8. The number of thioether (sulfide) groups is 1. The molecule has 4 aromatic rings. The Bertz CT molecular complexity index is 1510. The van der Waals surface area contributed by atoms with Gasteiger partial charge in [-0.05, 0) is 55.0 Å². The minimum atomic E-state index is -0.528. The van der Waals surface area contributed by atoms with Crippen molar-refractivity contribution < 1.29 is 14.3 Å². The van der Waals surface area contributed by atoms with Crippen LogP contribution in [0.4, 0.5) is 5.69 Å². The SMILES string of the molecule is COC(=O)c1ccccc1NC(=O)CSc1nc2sc3c(c2c(=O)n1-c1ccccc1)CCC(C)C3. The number of fused-ring (bicyclic) bond motifs is 3. The monoisotopic (exact) mass is 519 g/mol. The highest BCUT2D eigenvalue weighted by Crippen LogP contribution is 2.37. The van der Waals surface area contributed by atoms with Crippen LogP contribution in [0.1, 0.15) is 34.1 Å². The Morgan fingerprint density at radius 1 is 1.17 bits per heavy atom. The lowest BCUT2D eigenvalue weighted by Crippen LogP contribution is -2.23. The molecule has 184 valence electrons. The first-order valence-electron chi connectivity index (χ1n) is 11.7. The average molecular weight is 520 g/mol. The second-order valence-corrected chi connectivity index (χ2v) is 10.8. The first-order chi connectivity index (χ1) is 17.5. The molecule has 2 heterocycles. The number of hydrogen-bond acceptors (Lipinski definition) is 7. The van der Waals surface area contributed by atoms with Crippen LogP contribution in [0.15, 0.2) is 64.5 Å². The van der Waals surface area contributed by atoms with Crippen LogP contribution >= 0.6 is 23.1 Å². The molecule has 5 rings (SSSR count). The Kier molecular flexibility index (Phi) is 6.93. The number of carbonyl (C=O) groups excluding carboxylic acids is 2. The summed E-state index contributed by atoms with van der Waals surface area (Å²) in [6, 6.07) is 16.1. The number of nitrogens with one attached hydrogen (secondary N) is 1. The van der Waals surface area contributed by atoms with Crippen molar-refractivity contribution in [3.63, 3.8) is 0 Å². The van der Waals surface area contributed by atoms with Gasteiger partial charge in [0.05, 0.1) is 35.2 Å². The van der Waals surface area contributed by atoms with Gasteiger partial charge in [-0.3, -0.25) is 14.2 Å². The van der Waals surface area contributed by atoms with E-state index in [0.717, 1.165) is 29.7 Å². The summed E-state index contributed by atoms with van der Waals surface area (Å²) < 4.78 is 6.41. The topological polar surface area (TPSA) is 90.3 Å². The van der Waals surface area contributed by atoms with Crippen LogP contribution in [-0.2, 0) is 22.4 Å². The standard InChI is InChI=1S/C27H25N3O4S2/c1-16-12-13-19-21(14-16)36-24-23(19)25(32)30(17-8-4-3-5-9-17)27(29-24)35-15-22(31)28-20-11-7-6-10-18(20)26(33)34-2/h3-11,16H,12-15H2,1-2H3,(H,28,31). The van der Waals surface area contributed by atoms with E-state index in [9.17, 15) is 14.4 Å². The van der Waals surface area contributed by atoms with E-state index in [2.05, 4.69) is 12.2 Å². The zero-order valence-corrected chi connectivity index (χ0v) is 21.6. The zero-order chi connectivity index (χ0) is 25.2. The lowest BCUT2D eigenvalue weighted by Gasteiger charge is -2.17. The van der Waals surface area contributed by atoms with E-state index >= 15 is 0 Å². The highest BCUT2D eigenvalue weighted by molar-refractivity contribution is 7.99. The molecule has 1 aliphatic rings. The number of esters is 1. The molecule has 0 bridgehead atoms. The number of benzene rings is 2. The van der Waals surface area contributed by atoms with Crippen LogP contribution in [0.2, 0.25) is 0 Å². The molecule has 1 atom stereocenters. The molecule has 0 aliphatic heterocycles. The normalized spacial score (nSPS) is 14.9. The Morgan fingerprint density at radius 2 is 1.92 bits per heavy atom. The Morgan fingerprint density at radius 3 is 2.69 bits per heavy atom. The fourth-order valence-electron chi connectivity index (χ4n) is 4.47. The predicted octanol–water partition coefficient (Wildman–Crippen LogP) is 5.09. The largest absolute Gasteiger partial charge is 0.465 e. The summed E-state index contributed by atoms with van der Waals surface area (Å²) in [4.78, 5) is 45.5. The Balaban J connectivity index is 1.49. The second-order valence-electron chi connectivity index (χ2n) is 8.78.